The molecule has 4 aromatic carbocycles. The zero-order valence-corrected chi connectivity index (χ0v) is 33.8. The van der Waals surface area contributed by atoms with Gasteiger partial charge in [0.2, 0.25) is 11.8 Å². The van der Waals surface area contributed by atoms with Crippen molar-refractivity contribution in [1.29, 1.82) is 0 Å². The smallest absolute Gasteiger partial charge is 0.261 e. The summed E-state index contributed by atoms with van der Waals surface area (Å²) < 4.78 is 13.2. The van der Waals surface area contributed by atoms with Crippen molar-refractivity contribution in [2.24, 2.45) is 17.8 Å². The Morgan fingerprint density at radius 2 is 1.40 bits per heavy atom. The lowest BCUT2D eigenvalue weighted by atomic mass is 9.68. The Morgan fingerprint density at radius 1 is 0.825 bits per heavy atom. The van der Waals surface area contributed by atoms with Gasteiger partial charge in [-0.3, -0.25) is 14.5 Å². The zero-order chi connectivity index (χ0) is 40.2. The van der Waals surface area contributed by atoms with Crippen LogP contribution in [-0.4, -0.2) is 54.8 Å². The normalized spacial score (nSPS) is 19.6. The highest BCUT2D eigenvalue weighted by Crippen LogP contribution is 2.48. The maximum absolute atomic E-state index is 14.3. The molecule has 294 valence electrons. The first-order chi connectivity index (χ1) is 27.6. The van der Waals surface area contributed by atoms with E-state index in [-0.39, 0.29) is 42.9 Å². The number of benzene rings is 4. The summed E-state index contributed by atoms with van der Waals surface area (Å²) in [5.74, 6) is -2.00. The fourth-order valence-electron chi connectivity index (χ4n) is 9.01. The van der Waals surface area contributed by atoms with Gasteiger partial charge in [-0.05, 0) is 87.3 Å². The second-order valence-corrected chi connectivity index (χ2v) is 20.3. The summed E-state index contributed by atoms with van der Waals surface area (Å²) in [4.78, 5) is 29.9. The predicted octanol–water partition coefficient (Wildman–Crippen LogP) is 7.14. The number of aliphatic hydroxyl groups excluding tert-OH is 3. The molecule has 4 atom stereocenters. The van der Waals surface area contributed by atoms with Crippen LogP contribution in [0.4, 0.5) is 5.69 Å². The number of hydrogen-bond acceptors (Lipinski definition) is 7. The molecule has 1 saturated heterocycles. The number of para-hydroxylation sites is 1. The van der Waals surface area contributed by atoms with E-state index in [1.165, 1.54) is 4.90 Å². The Labute approximate surface area is 335 Å². The number of hydrogen-bond donors (Lipinski definition) is 3. The number of aliphatic hydroxyl groups is 3. The van der Waals surface area contributed by atoms with Crippen molar-refractivity contribution < 1.29 is 33.8 Å². The highest BCUT2D eigenvalue weighted by Gasteiger charge is 2.56. The lowest BCUT2D eigenvalue weighted by Gasteiger charge is -2.44. The van der Waals surface area contributed by atoms with Gasteiger partial charge < -0.3 is 24.2 Å². The second kappa shape index (κ2) is 17.1. The third kappa shape index (κ3) is 7.91. The quantitative estimate of drug-likeness (QED) is 0.0623. The standard InChI is InChI=1S/C48H51NO7Si/c1-48(2,3)57(39-20-12-6-13-21-39,40-22-14-7-15-23-40)55-32-35-29-41-45(47(54)49(46(41)53)36-18-10-5-11-19-36)42(31-51)44(35)43(52)27-24-34(33-16-8-4-9-17-33)28-37-25-26-38(30-50)56-37/h4-23,25-26,28,41-43,45,50-52H,24,27,29-32H2,1-3H3/b34-28-/t41-,42+,43-,45-/m1/s1. The molecule has 0 bridgehead atoms. The fourth-order valence-corrected chi connectivity index (χ4v) is 13.6. The van der Waals surface area contributed by atoms with E-state index in [2.05, 4.69) is 45.0 Å². The Kier molecular flexibility index (Phi) is 12.0. The van der Waals surface area contributed by atoms with Gasteiger partial charge in [0, 0.05) is 5.92 Å². The molecule has 2 aliphatic rings. The molecule has 0 saturated carbocycles. The van der Waals surface area contributed by atoms with Crippen molar-refractivity contribution in [3.8, 4) is 0 Å². The number of furan rings is 1. The van der Waals surface area contributed by atoms with Crippen molar-refractivity contribution in [3.05, 3.63) is 162 Å². The fraction of sp³-hybridized carbons (Fsp3) is 0.292. The molecule has 9 heteroatoms. The molecule has 1 aliphatic heterocycles. The van der Waals surface area contributed by atoms with Crippen LogP contribution in [0.3, 0.4) is 0 Å². The van der Waals surface area contributed by atoms with Crippen molar-refractivity contribution in [1.82, 2.24) is 0 Å². The van der Waals surface area contributed by atoms with Gasteiger partial charge in [-0.1, -0.05) is 130 Å². The van der Waals surface area contributed by atoms with E-state index in [9.17, 15) is 24.9 Å². The minimum Gasteiger partial charge on any atom is -0.459 e. The molecule has 1 aliphatic carbocycles. The van der Waals surface area contributed by atoms with E-state index in [0.717, 1.165) is 27.1 Å². The molecule has 7 rings (SSSR count). The van der Waals surface area contributed by atoms with Crippen LogP contribution in [0.25, 0.3) is 11.6 Å². The highest BCUT2D eigenvalue weighted by molar-refractivity contribution is 6.99. The van der Waals surface area contributed by atoms with E-state index in [1.807, 2.05) is 78.9 Å². The van der Waals surface area contributed by atoms with E-state index in [1.54, 1.807) is 36.4 Å². The summed E-state index contributed by atoms with van der Waals surface area (Å²) in [5.41, 5.74) is 3.67. The number of amides is 2. The second-order valence-electron chi connectivity index (χ2n) is 16.0. The maximum Gasteiger partial charge on any atom is 0.261 e. The van der Waals surface area contributed by atoms with Gasteiger partial charge in [-0.15, -0.1) is 0 Å². The van der Waals surface area contributed by atoms with E-state index < -0.39 is 38.8 Å². The lowest BCUT2D eigenvalue weighted by Crippen LogP contribution is -2.66. The highest BCUT2D eigenvalue weighted by atomic mass is 28.4. The largest absolute Gasteiger partial charge is 0.459 e. The minimum absolute atomic E-state index is 0.115. The number of imide groups is 1. The van der Waals surface area contributed by atoms with E-state index in [4.69, 9.17) is 8.84 Å². The zero-order valence-electron chi connectivity index (χ0n) is 32.8. The van der Waals surface area contributed by atoms with Crippen LogP contribution in [0.5, 0.6) is 0 Å². The Hall–Kier alpha value is -5.16. The monoisotopic (exact) mass is 781 g/mol. The summed E-state index contributed by atoms with van der Waals surface area (Å²) in [7, 11) is -3.06. The molecule has 0 spiro atoms. The number of anilines is 1. The first-order valence-electron chi connectivity index (χ1n) is 19.7. The van der Waals surface area contributed by atoms with E-state index >= 15 is 0 Å². The van der Waals surface area contributed by atoms with Crippen molar-refractivity contribution >= 4 is 47.8 Å². The van der Waals surface area contributed by atoms with Crippen LogP contribution in [0.1, 0.15) is 57.1 Å². The number of carbonyl (C=O) groups is 2. The first kappa shape index (κ1) is 40.0. The molecule has 0 unspecified atom stereocenters. The topological polar surface area (TPSA) is 120 Å². The van der Waals surface area contributed by atoms with Gasteiger partial charge in [0.15, 0.2) is 0 Å². The van der Waals surface area contributed by atoms with Crippen LogP contribution in [0.2, 0.25) is 5.04 Å². The summed E-state index contributed by atoms with van der Waals surface area (Å²) in [6, 6.07) is 42.9. The number of carbonyl (C=O) groups excluding carboxylic acids is 2. The van der Waals surface area contributed by atoms with Gasteiger partial charge in [-0.25, -0.2) is 0 Å². The predicted molar refractivity (Wildman–Crippen MR) is 226 cm³/mol. The SMILES string of the molecule is CC(C)(C)[Si](OCC1=C([C@H](O)CC/C(=C/c2ccc(CO)o2)c2ccccc2)[C@H](CO)[C@@H]2C(=O)N(c3ccccc3)C(=O)[C@@H]2C1)(c1ccccc1)c1ccccc1. The van der Waals surface area contributed by atoms with Gasteiger partial charge in [0.25, 0.3) is 8.32 Å². The van der Waals surface area contributed by atoms with Crippen LogP contribution in [-0.2, 0) is 20.6 Å². The van der Waals surface area contributed by atoms with Gasteiger partial charge >= 0.3 is 0 Å². The summed E-state index contributed by atoms with van der Waals surface area (Å²) in [6.07, 6.45) is 1.77. The van der Waals surface area contributed by atoms with Crippen molar-refractivity contribution in [2.75, 3.05) is 18.1 Å². The number of allylic oxidation sites excluding steroid dienone is 1. The molecule has 8 nitrogen and oxygen atoms in total. The number of fused-ring (bicyclic) bond motifs is 1. The van der Waals surface area contributed by atoms with Gasteiger partial charge in [-0.2, -0.15) is 0 Å². The molecular weight excluding hydrogens is 731 g/mol. The molecule has 1 fully saturated rings. The first-order valence-corrected chi connectivity index (χ1v) is 21.6. The molecule has 2 amide bonds. The number of nitrogens with zero attached hydrogens (tertiary/aromatic N) is 1. The summed E-state index contributed by atoms with van der Waals surface area (Å²) >= 11 is 0. The Balaban J connectivity index is 1.31. The summed E-state index contributed by atoms with van der Waals surface area (Å²) in [6.45, 7) is 6.09. The average molecular weight is 782 g/mol. The molecule has 5 aromatic rings. The minimum atomic E-state index is -3.06. The molecule has 1 aromatic heterocycles. The molecular formula is C48H51NO7Si. The third-order valence-electron chi connectivity index (χ3n) is 11.6. The van der Waals surface area contributed by atoms with E-state index in [0.29, 0.717) is 29.2 Å². The van der Waals surface area contributed by atoms with Gasteiger partial charge in [0.1, 0.15) is 18.1 Å². The Bertz CT molecular complexity index is 2170. The van der Waals surface area contributed by atoms with Crippen molar-refractivity contribution in [2.45, 2.75) is 57.8 Å². The number of rotatable bonds is 14. The van der Waals surface area contributed by atoms with Crippen LogP contribution >= 0.6 is 0 Å². The molecule has 3 N–H and O–H groups in total. The third-order valence-corrected chi connectivity index (χ3v) is 16.6. The molecule has 2 heterocycles. The van der Waals surface area contributed by atoms with Crippen LogP contribution < -0.4 is 15.3 Å². The maximum atomic E-state index is 14.3. The molecule has 0 radical (unpaired) electrons. The van der Waals surface area contributed by atoms with Crippen molar-refractivity contribution in [3.63, 3.8) is 0 Å². The van der Waals surface area contributed by atoms with Crippen LogP contribution in [0.15, 0.2) is 149 Å². The van der Waals surface area contributed by atoms with Gasteiger partial charge in [0.05, 0.1) is 36.8 Å². The summed E-state index contributed by atoms with van der Waals surface area (Å²) in [5, 5.41) is 35.1. The lowest BCUT2D eigenvalue weighted by molar-refractivity contribution is -0.123. The average Bonchev–Trinajstić information content (AvgIpc) is 3.80. The van der Waals surface area contributed by atoms with Crippen LogP contribution in [0, 0.1) is 17.8 Å². The Morgan fingerprint density at radius 3 is 1.95 bits per heavy atom. The molecule has 57 heavy (non-hydrogen) atoms.